The van der Waals surface area contributed by atoms with E-state index in [1.807, 2.05) is 26.0 Å². The van der Waals surface area contributed by atoms with Gasteiger partial charge in [-0.3, -0.25) is 0 Å². The van der Waals surface area contributed by atoms with E-state index in [0.717, 1.165) is 0 Å². The molecule has 0 heterocycles. The van der Waals surface area contributed by atoms with Gasteiger partial charge in [0.1, 0.15) is 0 Å². The van der Waals surface area contributed by atoms with Crippen molar-refractivity contribution < 1.29 is 0 Å². The van der Waals surface area contributed by atoms with E-state index in [4.69, 9.17) is 6.42 Å². The monoisotopic (exact) mass is 164 g/mol. The van der Waals surface area contributed by atoms with Crippen LogP contribution in [0.25, 0.3) is 0 Å². The predicted octanol–water partition coefficient (Wildman–Crippen LogP) is 3.95. The molecule has 0 aromatic rings. The molecular formula is C12H20. The van der Waals surface area contributed by atoms with Gasteiger partial charge in [0.15, 0.2) is 0 Å². The molecule has 0 aromatic carbocycles. The number of hydrogen-bond acceptors (Lipinski definition) is 0. The number of unbranched alkanes of at least 4 members (excludes halogenated alkanes) is 1. The Morgan fingerprint density at radius 1 is 1.25 bits per heavy atom. The molecule has 0 nitrogen and oxygen atoms in total. The molecule has 0 N–H and O–H groups in total. The van der Waals surface area contributed by atoms with Gasteiger partial charge in [0.05, 0.1) is 0 Å². The van der Waals surface area contributed by atoms with E-state index < -0.39 is 0 Å². The third-order valence-electron chi connectivity index (χ3n) is 1.12. The molecule has 0 amide bonds. The fourth-order valence-corrected chi connectivity index (χ4v) is 0.296. The van der Waals surface area contributed by atoms with Crippen molar-refractivity contribution in [3.8, 4) is 12.3 Å². The van der Waals surface area contributed by atoms with Gasteiger partial charge in [-0.15, -0.1) is 6.42 Å². The van der Waals surface area contributed by atoms with Crippen LogP contribution in [-0.2, 0) is 0 Å². The fourth-order valence-electron chi connectivity index (χ4n) is 0.296. The summed E-state index contributed by atoms with van der Waals surface area (Å²) in [6, 6.07) is 0. The Labute approximate surface area is 77.4 Å². The zero-order valence-electron chi connectivity index (χ0n) is 8.72. The average molecular weight is 164 g/mol. The van der Waals surface area contributed by atoms with Crippen molar-refractivity contribution in [1.29, 1.82) is 0 Å². The topological polar surface area (TPSA) is 0 Å². The molecule has 0 saturated carbocycles. The lowest BCUT2D eigenvalue weighted by atomic mass is 10.3. The van der Waals surface area contributed by atoms with Crippen LogP contribution in [0, 0.1) is 12.3 Å². The molecule has 0 atom stereocenters. The Balaban J connectivity index is 0. The molecule has 0 aliphatic carbocycles. The zero-order chi connectivity index (χ0) is 9.82. The molecule has 0 aliphatic heterocycles. The minimum atomic E-state index is 1.26. The van der Waals surface area contributed by atoms with Crippen LogP contribution in [-0.4, -0.2) is 0 Å². The first kappa shape index (κ1) is 13.6. The SMILES string of the molecule is C#C/C=C\C=C(C)C.CCCC. The van der Waals surface area contributed by atoms with Crippen LogP contribution in [0.2, 0.25) is 0 Å². The van der Waals surface area contributed by atoms with E-state index in [1.54, 1.807) is 6.08 Å². The highest BCUT2D eigenvalue weighted by Crippen LogP contribution is 1.87. The summed E-state index contributed by atoms with van der Waals surface area (Å²) < 4.78 is 0. The molecule has 0 aromatic heterocycles. The summed E-state index contributed by atoms with van der Waals surface area (Å²) >= 11 is 0. The van der Waals surface area contributed by atoms with E-state index in [2.05, 4.69) is 19.8 Å². The first-order chi connectivity index (χ1) is 5.68. The number of rotatable bonds is 2. The molecule has 12 heavy (non-hydrogen) atoms. The summed E-state index contributed by atoms with van der Waals surface area (Å²) in [5.74, 6) is 2.40. The van der Waals surface area contributed by atoms with Crippen molar-refractivity contribution in [3.05, 3.63) is 23.8 Å². The molecule has 0 spiro atoms. The van der Waals surface area contributed by atoms with Crippen LogP contribution in [0.4, 0.5) is 0 Å². The Morgan fingerprint density at radius 2 is 1.75 bits per heavy atom. The summed E-state index contributed by atoms with van der Waals surface area (Å²) in [4.78, 5) is 0. The highest BCUT2D eigenvalue weighted by Gasteiger charge is 1.66. The van der Waals surface area contributed by atoms with E-state index in [1.165, 1.54) is 18.4 Å². The van der Waals surface area contributed by atoms with Gasteiger partial charge in [-0.25, -0.2) is 0 Å². The first-order valence-corrected chi connectivity index (χ1v) is 4.45. The molecule has 0 unspecified atom stereocenters. The van der Waals surface area contributed by atoms with Gasteiger partial charge in [-0.2, -0.15) is 0 Å². The van der Waals surface area contributed by atoms with Crippen molar-refractivity contribution in [3.63, 3.8) is 0 Å². The van der Waals surface area contributed by atoms with Crippen LogP contribution in [0.3, 0.4) is 0 Å². The molecule has 0 rings (SSSR count). The lowest BCUT2D eigenvalue weighted by Crippen LogP contribution is -1.57. The van der Waals surface area contributed by atoms with Crippen molar-refractivity contribution in [2.75, 3.05) is 0 Å². The van der Waals surface area contributed by atoms with Crippen LogP contribution in [0.15, 0.2) is 23.8 Å². The maximum Gasteiger partial charge on any atom is -0.0122 e. The Bertz CT molecular complexity index is 159. The minimum absolute atomic E-state index is 1.26. The third-order valence-corrected chi connectivity index (χ3v) is 1.12. The van der Waals surface area contributed by atoms with E-state index in [9.17, 15) is 0 Å². The largest absolute Gasteiger partial charge is 0.115 e. The van der Waals surface area contributed by atoms with Gasteiger partial charge in [0, 0.05) is 0 Å². The first-order valence-electron chi connectivity index (χ1n) is 4.45. The second-order valence-electron chi connectivity index (χ2n) is 2.77. The summed E-state index contributed by atoms with van der Waals surface area (Å²) in [6.45, 7) is 8.42. The minimum Gasteiger partial charge on any atom is -0.115 e. The molecule has 0 radical (unpaired) electrons. The maximum absolute atomic E-state index is 4.95. The maximum atomic E-state index is 4.95. The van der Waals surface area contributed by atoms with Crippen LogP contribution >= 0.6 is 0 Å². The quantitative estimate of drug-likeness (QED) is 0.428. The summed E-state index contributed by atoms with van der Waals surface area (Å²) in [6.07, 6.45) is 13.1. The van der Waals surface area contributed by atoms with E-state index in [0.29, 0.717) is 0 Å². The summed E-state index contributed by atoms with van der Waals surface area (Å²) in [5, 5.41) is 0. The van der Waals surface area contributed by atoms with Crippen molar-refractivity contribution >= 4 is 0 Å². The molecule has 68 valence electrons. The van der Waals surface area contributed by atoms with Gasteiger partial charge in [-0.05, 0) is 19.9 Å². The lowest BCUT2D eigenvalue weighted by Gasteiger charge is -1.77. The normalized spacial score (nSPS) is 8.25. The highest BCUT2D eigenvalue weighted by molar-refractivity contribution is 5.17. The smallest absolute Gasteiger partial charge is 0.0122 e. The molecular weight excluding hydrogens is 144 g/mol. The molecule has 0 saturated heterocycles. The van der Waals surface area contributed by atoms with Gasteiger partial charge >= 0.3 is 0 Å². The second-order valence-corrected chi connectivity index (χ2v) is 2.77. The highest BCUT2D eigenvalue weighted by atomic mass is 13.7. The van der Waals surface area contributed by atoms with E-state index in [-0.39, 0.29) is 0 Å². The van der Waals surface area contributed by atoms with Gasteiger partial charge in [0.2, 0.25) is 0 Å². The molecule has 0 fully saturated rings. The fraction of sp³-hybridized carbons (Fsp3) is 0.500. The Morgan fingerprint density at radius 3 is 2.00 bits per heavy atom. The van der Waals surface area contributed by atoms with Gasteiger partial charge in [0.25, 0.3) is 0 Å². The Kier molecular flexibility index (Phi) is 14.4. The van der Waals surface area contributed by atoms with E-state index >= 15 is 0 Å². The van der Waals surface area contributed by atoms with Crippen molar-refractivity contribution in [1.82, 2.24) is 0 Å². The van der Waals surface area contributed by atoms with Crippen LogP contribution in [0.5, 0.6) is 0 Å². The van der Waals surface area contributed by atoms with Crippen LogP contribution < -0.4 is 0 Å². The van der Waals surface area contributed by atoms with Crippen molar-refractivity contribution in [2.24, 2.45) is 0 Å². The standard InChI is InChI=1S/C8H10.C4H10/c1-4-5-6-7-8(2)3;1-3-4-2/h1,5-7H,2-3H3;3-4H2,1-2H3/b6-5-;. The number of terminal acetylenes is 1. The number of allylic oxidation sites excluding steroid dienone is 4. The molecule has 0 aliphatic rings. The zero-order valence-corrected chi connectivity index (χ0v) is 8.72. The third kappa shape index (κ3) is 23.0. The number of hydrogen-bond donors (Lipinski definition) is 0. The van der Waals surface area contributed by atoms with Gasteiger partial charge < -0.3 is 0 Å². The average Bonchev–Trinajstić information content (AvgIpc) is 2.05. The predicted molar refractivity (Wildman–Crippen MR) is 58.0 cm³/mol. The van der Waals surface area contributed by atoms with Crippen molar-refractivity contribution in [2.45, 2.75) is 40.5 Å². The second kappa shape index (κ2) is 12.7. The molecule has 0 heteroatoms. The summed E-state index contributed by atoms with van der Waals surface area (Å²) in [5.41, 5.74) is 1.26. The lowest BCUT2D eigenvalue weighted by molar-refractivity contribution is 0.886. The Hall–Kier alpha value is -0.960. The molecule has 0 bridgehead atoms. The summed E-state index contributed by atoms with van der Waals surface area (Å²) in [7, 11) is 0. The van der Waals surface area contributed by atoms with Gasteiger partial charge in [-0.1, -0.05) is 50.3 Å². The van der Waals surface area contributed by atoms with Crippen LogP contribution in [0.1, 0.15) is 40.5 Å².